The summed E-state index contributed by atoms with van der Waals surface area (Å²) in [5.41, 5.74) is 7.43. The first-order chi connectivity index (χ1) is 10.2. The highest BCUT2D eigenvalue weighted by atomic mass is 19.1. The summed E-state index contributed by atoms with van der Waals surface area (Å²) in [5.74, 6) is 0.855. The minimum absolute atomic E-state index is 0.0250. The van der Waals surface area contributed by atoms with Crippen molar-refractivity contribution in [2.75, 3.05) is 6.54 Å². The lowest BCUT2D eigenvalue weighted by Gasteiger charge is -2.38. The quantitative estimate of drug-likeness (QED) is 0.939. The van der Waals surface area contributed by atoms with Crippen molar-refractivity contribution in [2.24, 2.45) is 5.73 Å². The molecule has 112 valence electrons. The Hall–Kier alpha value is -1.72. The molecule has 2 heterocycles. The Morgan fingerprint density at radius 2 is 2.05 bits per heavy atom. The largest absolute Gasteiger partial charge is 0.333 e. The van der Waals surface area contributed by atoms with Gasteiger partial charge in [-0.15, -0.1) is 0 Å². The molecule has 5 heteroatoms. The predicted molar refractivity (Wildman–Crippen MR) is 80.0 cm³/mol. The molecule has 0 amide bonds. The number of aromatic nitrogens is 2. The molecule has 2 aromatic rings. The van der Waals surface area contributed by atoms with Crippen LogP contribution in [0, 0.1) is 5.82 Å². The Morgan fingerprint density at radius 1 is 1.29 bits per heavy atom. The van der Waals surface area contributed by atoms with Gasteiger partial charge in [-0.2, -0.15) is 0 Å². The Kier molecular flexibility index (Phi) is 4.03. The lowest BCUT2D eigenvalue weighted by molar-refractivity contribution is 0.130. The minimum Gasteiger partial charge on any atom is -0.333 e. The number of hydrogen-bond donors (Lipinski definition) is 1. The van der Waals surface area contributed by atoms with Crippen LogP contribution in [-0.4, -0.2) is 27.0 Å². The van der Waals surface area contributed by atoms with Crippen molar-refractivity contribution in [1.82, 2.24) is 14.5 Å². The lowest BCUT2D eigenvalue weighted by atomic mass is 9.95. The average Bonchev–Trinajstić information content (AvgIpc) is 2.97. The molecule has 0 fully saturated rings. The van der Waals surface area contributed by atoms with E-state index in [-0.39, 0.29) is 17.9 Å². The van der Waals surface area contributed by atoms with Gasteiger partial charge in [0.15, 0.2) is 0 Å². The molecule has 1 aromatic heterocycles. The maximum absolute atomic E-state index is 13.2. The molecule has 0 radical (unpaired) electrons. The van der Waals surface area contributed by atoms with Crippen molar-refractivity contribution in [2.45, 2.75) is 38.5 Å². The van der Waals surface area contributed by atoms with Crippen LogP contribution in [0.3, 0.4) is 0 Å². The molecule has 0 bridgehead atoms. The van der Waals surface area contributed by atoms with Crippen LogP contribution in [0.2, 0.25) is 0 Å². The van der Waals surface area contributed by atoms with Gasteiger partial charge in [0.05, 0.1) is 12.6 Å². The Bertz CT molecular complexity index is 593. The van der Waals surface area contributed by atoms with E-state index in [9.17, 15) is 4.39 Å². The highest BCUT2D eigenvalue weighted by Crippen LogP contribution is 2.28. The molecule has 0 saturated carbocycles. The number of nitrogens with zero attached hydrogens (tertiary/aromatic N) is 3. The monoisotopic (exact) mass is 288 g/mol. The zero-order valence-corrected chi connectivity index (χ0v) is 12.2. The van der Waals surface area contributed by atoms with E-state index in [4.69, 9.17) is 5.73 Å². The molecule has 2 N–H and O–H groups in total. The van der Waals surface area contributed by atoms with Crippen LogP contribution in [0.5, 0.6) is 0 Å². The molecule has 21 heavy (non-hydrogen) atoms. The predicted octanol–water partition coefficient (Wildman–Crippen LogP) is 2.32. The first-order valence-corrected chi connectivity index (χ1v) is 7.44. The van der Waals surface area contributed by atoms with E-state index >= 15 is 0 Å². The molecule has 1 aliphatic heterocycles. The van der Waals surface area contributed by atoms with Gasteiger partial charge in [-0.3, -0.25) is 4.90 Å². The molecular formula is C16H21FN4. The maximum atomic E-state index is 13.2. The van der Waals surface area contributed by atoms with Crippen LogP contribution in [0.15, 0.2) is 36.7 Å². The Morgan fingerprint density at radius 3 is 2.76 bits per heavy atom. The fraction of sp³-hybridized carbons (Fsp3) is 0.438. The van der Waals surface area contributed by atoms with Crippen molar-refractivity contribution >= 4 is 0 Å². The number of imidazole rings is 1. The average molecular weight is 288 g/mol. The van der Waals surface area contributed by atoms with E-state index < -0.39 is 0 Å². The maximum Gasteiger partial charge on any atom is 0.123 e. The summed E-state index contributed by atoms with van der Waals surface area (Å²) >= 11 is 0. The van der Waals surface area contributed by atoms with Crippen LogP contribution < -0.4 is 5.73 Å². The van der Waals surface area contributed by atoms with E-state index in [2.05, 4.69) is 21.4 Å². The van der Waals surface area contributed by atoms with E-state index in [1.54, 1.807) is 0 Å². The second kappa shape index (κ2) is 5.95. The van der Waals surface area contributed by atoms with Crippen molar-refractivity contribution in [3.8, 4) is 0 Å². The van der Waals surface area contributed by atoms with Gasteiger partial charge in [0, 0.05) is 31.5 Å². The Labute approximate surface area is 124 Å². The van der Waals surface area contributed by atoms with E-state index in [0.717, 1.165) is 37.4 Å². The molecular weight excluding hydrogens is 267 g/mol. The molecule has 0 spiro atoms. The van der Waals surface area contributed by atoms with Crippen LogP contribution in [0.4, 0.5) is 4.39 Å². The van der Waals surface area contributed by atoms with Gasteiger partial charge in [0.25, 0.3) is 0 Å². The topological polar surface area (TPSA) is 47.1 Å². The number of benzene rings is 1. The van der Waals surface area contributed by atoms with Crippen molar-refractivity contribution in [3.05, 3.63) is 53.9 Å². The fourth-order valence-electron chi connectivity index (χ4n) is 3.04. The van der Waals surface area contributed by atoms with Crippen LogP contribution in [-0.2, 0) is 13.1 Å². The first-order valence-electron chi connectivity index (χ1n) is 7.44. The summed E-state index contributed by atoms with van der Waals surface area (Å²) in [6, 6.07) is 6.83. The fourth-order valence-corrected chi connectivity index (χ4v) is 3.04. The molecule has 1 aromatic carbocycles. The van der Waals surface area contributed by atoms with E-state index in [1.807, 2.05) is 24.5 Å². The highest BCUT2D eigenvalue weighted by Gasteiger charge is 2.29. The Balaban J connectivity index is 1.88. The summed E-state index contributed by atoms with van der Waals surface area (Å²) < 4.78 is 15.3. The minimum atomic E-state index is -0.211. The van der Waals surface area contributed by atoms with Gasteiger partial charge in [-0.1, -0.05) is 19.1 Å². The standard InChI is InChI=1S/C16H21FN4/c1-2-14(18)16(12-3-5-13(17)6-4-12)21-10-9-20-8-7-19-15(20)11-21/h3-8,14,16H,2,9-11,18H2,1H3. The zero-order valence-electron chi connectivity index (χ0n) is 12.2. The SMILES string of the molecule is CCC(N)C(c1ccc(F)cc1)N1CCn2ccnc2C1. The molecule has 3 rings (SSSR count). The summed E-state index contributed by atoms with van der Waals surface area (Å²) in [6.45, 7) is 4.72. The van der Waals surface area contributed by atoms with Crippen LogP contribution in [0.25, 0.3) is 0 Å². The summed E-state index contributed by atoms with van der Waals surface area (Å²) in [4.78, 5) is 6.75. The van der Waals surface area contributed by atoms with Crippen molar-refractivity contribution < 1.29 is 4.39 Å². The smallest absolute Gasteiger partial charge is 0.123 e. The summed E-state index contributed by atoms with van der Waals surface area (Å²) in [5, 5.41) is 0. The van der Waals surface area contributed by atoms with Gasteiger partial charge < -0.3 is 10.3 Å². The summed E-state index contributed by atoms with van der Waals surface area (Å²) in [7, 11) is 0. The second-order valence-corrected chi connectivity index (χ2v) is 5.58. The third kappa shape index (κ3) is 2.84. The van der Waals surface area contributed by atoms with Gasteiger partial charge in [-0.25, -0.2) is 9.37 Å². The number of hydrogen-bond acceptors (Lipinski definition) is 3. The van der Waals surface area contributed by atoms with Gasteiger partial charge in [0.1, 0.15) is 11.6 Å². The number of halogens is 1. The molecule has 0 aliphatic carbocycles. The van der Waals surface area contributed by atoms with Gasteiger partial charge in [0.2, 0.25) is 0 Å². The third-order valence-corrected chi connectivity index (χ3v) is 4.26. The van der Waals surface area contributed by atoms with Crippen molar-refractivity contribution in [3.63, 3.8) is 0 Å². The third-order valence-electron chi connectivity index (χ3n) is 4.26. The number of fused-ring (bicyclic) bond motifs is 1. The van der Waals surface area contributed by atoms with Crippen LogP contribution in [0.1, 0.15) is 30.8 Å². The second-order valence-electron chi connectivity index (χ2n) is 5.58. The molecule has 4 nitrogen and oxygen atoms in total. The molecule has 1 aliphatic rings. The number of nitrogens with two attached hydrogens (primary N) is 1. The van der Waals surface area contributed by atoms with E-state index in [1.165, 1.54) is 12.1 Å². The molecule has 2 atom stereocenters. The van der Waals surface area contributed by atoms with Gasteiger partial charge >= 0.3 is 0 Å². The zero-order chi connectivity index (χ0) is 14.8. The van der Waals surface area contributed by atoms with Crippen molar-refractivity contribution in [1.29, 1.82) is 0 Å². The first kappa shape index (κ1) is 14.2. The molecule has 2 unspecified atom stereocenters. The van der Waals surface area contributed by atoms with E-state index in [0.29, 0.717) is 0 Å². The number of rotatable bonds is 4. The highest BCUT2D eigenvalue weighted by molar-refractivity contribution is 5.22. The van der Waals surface area contributed by atoms with Crippen LogP contribution >= 0.6 is 0 Å². The normalized spacial score (nSPS) is 18.2. The van der Waals surface area contributed by atoms with Gasteiger partial charge in [-0.05, 0) is 24.1 Å². The molecule has 0 saturated heterocycles. The lowest BCUT2D eigenvalue weighted by Crippen LogP contribution is -2.44. The summed E-state index contributed by atoms with van der Waals surface area (Å²) in [6.07, 6.45) is 4.73.